The first-order chi connectivity index (χ1) is 8.39. The van der Waals surface area contributed by atoms with Crippen molar-refractivity contribution >= 4 is 21.7 Å². The van der Waals surface area contributed by atoms with Gasteiger partial charge in [0.15, 0.2) is 5.78 Å². The van der Waals surface area contributed by atoms with Crippen LogP contribution in [0.25, 0.3) is 0 Å². The van der Waals surface area contributed by atoms with Crippen molar-refractivity contribution in [3.05, 3.63) is 28.2 Å². The van der Waals surface area contributed by atoms with Gasteiger partial charge in [0, 0.05) is 4.47 Å². The number of benzene rings is 1. The largest absolute Gasteiger partial charge is 0.486 e. The summed E-state index contributed by atoms with van der Waals surface area (Å²) in [6, 6.07) is 5.71. The molecule has 1 aliphatic carbocycles. The molecule has 0 radical (unpaired) electrons. The van der Waals surface area contributed by atoms with Gasteiger partial charge >= 0.3 is 0 Å². The molecule has 1 spiro atoms. The van der Waals surface area contributed by atoms with Crippen molar-refractivity contribution in [3.63, 3.8) is 0 Å². The van der Waals surface area contributed by atoms with E-state index in [9.17, 15) is 4.79 Å². The topological polar surface area (TPSA) is 26.3 Å². The SMILES string of the molecule is CC1(C)CCC2(CC(=O)c3cc(Br)ccc3O2)C1. The molecule has 0 amide bonds. The van der Waals surface area contributed by atoms with Gasteiger partial charge in [-0.15, -0.1) is 0 Å². The van der Waals surface area contributed by atoms with Gasteiger partial charge in [0.05, 0.1) is 12.0 Å². The highest BCUT2D eigenvalue weighted by Crippen LogP contribution is 2.50. The molecule has 2 aliphatic rings. The Bertz CT molecular complexity index is 521. The Kier molecular flexibility index (Phi) is 2.60. The fourth-order valence-corrected chi connectivity index (χ4v) is 3.68. The van der Waals surface area contributed by atoms with E-state index in [1.54, 1.807) is 0 Å². The lowest BCUT2D eigenvalue weighted by molar-refractivity contribution is 0.0385. The van der Waals surface area contributed by atoms with E-state index in [-0.39, 0.29) is 16.8 Å². The Hall–Kier alpha value is -0.830. The number of carbonyl (C=O) groups is 1. The maximum Gasteiger partial charge on any atom is 0.170 e. The van der Waals surface area contributed by atoms with E-state index in [0.29, 0.717) is 6.42 Å². The van der Waals surface area contributed by atoms with Crippen LogP contribution in [0.2, 0.25) is 0 Å². The number of fused-ring (bicyclic) bond motifs is 1. The minimum absolute atomic E-state index is 0.218. The molecule has 96 valence electrons. The van der Waals surface area contributed by atoms with Crippen molar-refractivity contribution in [2.45, 2.75) is 45.1 Å². The van der Waals surface area contributed by atoms with Gasteiger partial charge in [0.25, 0.3) is 0 Å². The Balaban J connectivity index is 1.98. The first kappa shape index (κ1) is 12.2. The van der Waals surface area contributed by atoms with Crippen LogP contribution < -0.4 is 4.74 Å². The normalized spacial score (nSPS) is 29.2. The van der Waals surface area contributed by atoms with Crippen molar-refractivity contribution < 1.29 is 9.53 Å². The van der Waals surface area contributed by atoms with E-state index >= 15 is 0 Å². The highest BCUT2D eigenvalue weighted by atomic mass is 79.9. The Morgan fingerprint density at radius 1 is 1.28 bits per heavy atom. The minimum Gasteiger partial charge on any atom is -0.486 e. The third-order valence-corrected chi connectivity index (χ3v) is 4.60. The maximum absolute atomic E-state index is 12.3. The average Bonchev–Trinajstić information content (AvgIpc) is 2.56. The summed E-state index contributed by atoms with van der Waals surface area (Å²) in [6.07, 6.45) is 3.62. The zero-order chi connectivity index (χ0) is 13.0. The van der Waals surface area contributed by atoms with Crippen molar-refractivity contribution in [1.29, 1.82) is 0 Å². The van der Waals surface area contributed by atoms with Gasteiger partial charge in [-0.25, -0.2) is 0 Å². The van der Waals surface area contributed by atoms with Gasteiger partial charge in [-0.3, -0.25) is 4.79 Å². The van der Waals surface area contributed by atoms with E-state index < -0.39 is 0 Å². The van der Waals surface area contributed by atoms with Crippen LogP contribution in [0.15, 0.2) is 22.7 Å². The van der Waals surface area contributed by atoms with Crippen LogP contribution in [-0.2, 0) is 0 Å². The van der Waals surface area contributed by atoms with E-state index in [1.165, 1.54) is 0 Å². The van der Waals surface area contributed by atoms with Crippen LogP contribution in [0.3, 0.4) is 0 Å². The summed E-state index contributed by atoms with van der Waals surface area (Å²) >= 11 is 3.40. The average molecular weight is 309 g/mol. The quantitative estimate of drug-likeness (QED) is 0.711. The van der Waals surface area contributed by atoms with E-state index in [0.717, 1.165) is 35.0 Å². The highest BCUT2D eigenvalue weighted by molar-refractivity contribution is 9.10. The van der Waals surface area contributed by atoms with E-state index in [2.05, 4.69) is 29.8 Å². The highest BCUT2D eigenvalue weighted by Gasteiger charge is 2.49. The van der Waals surface area contributed by atoms with Gasteiger partial charge < -0.3 is 4.74 Å². The van der Waals surface area contributed by atoms with E-state index in [4.69, 9.17) is 4.74 Å². The minimum atomic E-state index is -0.249. The van der Waals surface area contributed by atoms with Gasteiger partial charge in [0.1, 0.15) is 11.4 Å². The molecule has 1 saturated carbocycles. The van der Waals surface area contributed by atoms with Gasteiger partial charge in [-0.05, 0) is 42.9 Å². The van der Waals surface area contributed by atoms with Crippen molar-refractivity contribution in [1.82, 2.24) is 0 Å². The molecule has 1 aliphatic heterocycles. The maximum atomic E-state index is 12.3. The van der Waals surface area contributed by atoms with Crippen LogP contribution >= 0.6 is 15.9 Å². The fourth-order valence-electron chi connectivity index (χ4n) is 3.32. The summed E-state index contributed by atoms with van der Waals surface area (Å²) in [5.74, 6) is 0.974. The molecule has 2 nitrogen and oxygen atoms in total. The molecule has 1 fully saturated rings. The van der Waals surface area contributed by atoms with E-state index in [1.807, 2.05) is 18.2 Å². The Morgan fingerprint density at radius 3 is 2.72 bits per heavy atom. The summed E-state index contributed by atoms with van der Waals surface area (Å²) in [5.41, 5.74) is 0.758. The molecule has 0 bridgehead atoms. The lowest BCUT2D eigenvalue weighted by Crippen LogP contribution is -2.40. The molecule has 3 rings (SSSR count). The smallest absolute Gasteiger partial charge is 0.170 e. The zero-order valence-corrected chi connectivity index (χ0v) is 12.3. The number of hydrogen-bond acceptors (Lipinski definition) is 2. The third-order valence-electron chi connectivity index (χ3n) is 4.11. The molecule has 1 aromatic rings. The van der Waals surface area contributed by atoms with Gasteiger partial charge in [-0.1, -0.05) is 29.8 Å². The molecular formula is C15H17BrO2. The first-order valence-electron chi connectivity index (χ1n) is 6.41. The molecule has 0 saturated heterocycles. The van der Waals surface area contributed by atoms with Crippen molar-refractivity contribution in [3.8, 4) is 5.75 Å². The Morgan fingerprint density at radius 2 is 2.06 bits per heavy atom. The third kappa shape index (κ3) is 1.99. The summed E-state index contributed by atoms with van der Waals surface area (Å²) in [5, 5.41) is 0. The zero-order valence-electron chi connectivity index (χ0n) is 10.8. The molecule has 1 atom stereocenters. The second kappa shape index (κ2) is 3.83. The van der Waals surface area contributed by atoms with Crippen LogP contribution in [0.1, 0.15) is 49.9 Å². The van der Waals surface area contributed by atoms with Crippen molar-refractivity contribution in [2.24, 2.45) is 5.41 Å². The van der Waals surface area contributed by atoms with Gasteiger partial charge in [0.2, 0.25) is 0 Å². The molecular weight excluding hydrogens is 292 g/mol. The first-order valence-corrected chi connectivity index (χ1v) is 7.20. The van der Waals surface area contributed by atoms with Crippen LogP contribution in [-0.4, -0.2) is 11.4 Å². The number of rotatable bonds is 0. The number of Topliss-reactive ketones (excluding diaryl/α,β-unsaturated/α-hetero) is 1. The number of ether oxygens (including phenoxy) is 1. The summed E-state index contributed by atoms with van der Waals surface area (Å²) < 4.78 is 7.13. The predicted molar refractivity (Wildman–Crippen MR) is 74.1 cm³/mol. The lowest BCUT2D eigenvalue weighted by Gasteiger charge is -2.36. The predicted octanol–water partition coefficient (Wildman–Crippen LogP) is 4.36. The number of ketones is 1. The molecule has 3 heteroatoms. The second-order valence-electron chi connectivity index (χ2n) is 6.37. The number of carbonyl (C=O) groups excluding carboxylic acids is 1. The summed E-state index contributed by atoms with van der Waals surface area (Å²) in [7, 11) is 0. The van der Waals surface area contributed by atoms with Crippen molar-refractivity contribution in [2.75, 3.05) is 0 Å². The van der Waals surface area contributed by atoms with Crippen LogP contribution in [0, 0.1) is 5.41 Å². The lowest BCUT2D eigenvalue weighted by atomic mass is 9.84. The van der Waals surface area contributed by atoms with Gasteiger partial charge in [-0.2, -0.15) is 0 Å². The molecule has 1 aromatic carbocycles. The molecule has 18 heavy (non-hydrogen) atoms. The van der Waals surface area contributed by atoms with Crippen LogP contribution in [0.5, 0.6) is 5.75 Å². The number of hydrogen-bond donors (Lipinski definition) is 0. The number of halogens is 1. The monoisotopic (exact) mass is 308 g/mol. The molecule has 0 N–H and O–H groups in total. The second-order valence-corrected chi connectivity index (χ2v) is 7.28. The molecule has 1 heterocycles. The Labute approximate surface area is 116 Å². The molecule has 1 unspecified atom stereocenters. The van der Waals surface area contributed by atoms with Crippen LogP contribution in [0.4, 0.5) is 0 Å². The summed E-state index contributed by atoms with van der Waals surface area (Å²) in [4.78, 5) is 12.3. The molecule has 0 aromatic heterocycles. The standard InChI is InChI=1S/C15H17BrO2/c1-14(2)5-6-15(9-14)8-12(17)11-7-10(16)3-4-13(11)18-15/h3-4,7H,5-6,8-9H2,1-2H3. The fraction of sp³-hybridized carbons (Fsp3) is 0.533. The summed E-state index contributed by atoms with van der Waals surface area (Å²) in [6.45, 7) is 4.51.